The summed E-state index contributed by atoms with van der Waals surface area (Å²) in [6.07, 6.45) is 0. The highest BCUT2D eigenvalue weighted by molar-refractivity contribution is 7.41. The Morgan fingerprint density at radius 1 is 1.14 bits per heavy atom. The highest BCUT2D eigenvalue weighted by Crippen LogP contribution is 2.15. The van der Waals surface area contributed by atoms with E-state index in [2.05, 4.69) is 12.1 Å². The maximum atomic E-state index is 5.65. The fourth-order valence-electron chi connectivity index (χ4n) is 1.26. The monoisotopic (exact) mass is 211 g/mol. The van der Waals surface area contributed by atoms with Crippen molar-refractivity contribution in [3.63, 3.8) is 0 Å². The fourth-order valence-corrected chi connectivity index (χ4v) is 2.01. The molecule has 1 aromatic carbocycles. The van der Waals surface area contributed by atoms with E-state index in [-0.39, 0.29) is 0 Å². The quantitative estimate of drug-likeness (QED) is 0.700. The van der Waals surface area contributed by atoms with E-state index in [1.165, 1.54) is 5.30 Å². The molecule has 1 heterocycles. The van der Waals surface area contributed by atoms with Crippen LogP contribution < -0.4 is 5.30 Å². The second-order valence-corrected chi connectivity index (χ2v) is 4.06. The van der Waals surface area contributed by atoms with Crippen molar-refractivity contribution in [2.24, 2.45) is 0 Å². The number of ether oxygens (including phenoxy) is 1. The van der Waals surface area contributed by atoms with Gasteiger partial charge in [-0.3, -0.25) is 4.62 Å². The Morgan fingerprint density at radius 2 is 1.86 bits per heavy atom. The lowest BCUT2D eigenvalue weighted by atomic mass is 10.4. The van der Waals surface area contributed by atoms with Gasteiger partial charge < -0.3 is 4.74 Å². The molecule has 3 nitrogen and oxygen atoms in total. The maximum absolute atomic E-state index is 5.65. The Bertz CT molecular complexity index is 262. The first-order valence-electron chi connectivity index (χ1n) is 4.76. The summed E-state index contributed by atoms with van der Waals surface area (Å²) in [6.45, 7) is 3.30. The molecule has 0 amide bonds. The molecule has 0 saturated carbocycles. The molecule has 0 aromatic heterocycles. The third-order valence-corrected chi connectivity index (χ3v) is 2.95. The van der Waals surface area contributed by atoms with Crippen molar-refractivity contribution in [3.8, 4) is 0 Å². The number of rotatable bonds is 3. The van der Waals surface area contributed by atoms with Crippen LogP contribution in [0.2, 0.25) is 0 Å². The Hall–Kier alpha value is -0.470. The third kappa shape index (κ3) is 3.03. The van der Waals surface area contributed by atoms with E-state index >= 15 is 0 Å². The average Bonchev–Trinajstić information content (AvgIpc) is 2.29. The number of hydrogen-bond donors (Lipinski definition) is 0. The highest BCUT2D eigenvalue weighted by Gasteiger charge is 2.10. The predicted octanol–water partition coefficient (Wildman–Crippen LogP) is 1.17. The van der Waals surface area contributed by atoms with Gasteiger partial charge in [0.15, 0.2) is 0 Å². The molecule has 1 atom stereocenters. The second kappa shape index (κ2) is 5.42. The van der Waals surface area contributed by atoms with Crippen molar-refractivity contribution in [2.75, 3.05) is 26.3 Å². The van der Waals surface area contributed by atoms with Gasteiger partial charge in [-0.2, -0.15) is 5.06 Å². The minimum atomic E-state index is 0.406. The zero-order valence-corrected chi connectivity index (χ0v) is 8.98. The van der Waals surface area contributed by atoms with Gasteiger partial charge in [0.1, 0.15) is 0 Å². The normalized spacial score (nSPS) is 19.1. The molecule has 1 aliphatic heterocycles. The molecular formula is C10H14NO2P. The average molecular weight is 211 g/mol. The molecule has 0 radical (unpaired) electrons. The summed E-state index contributed by atoms with van der Waals surface area (Å²) in [5, 5.41) is 3.22. The van der Waals surface area contributed by atoms with E-state index in [0.29, 0.717) is 8.81 Å². The van der Waals surface area contributed by atoms with Crippen LogP contribution in [0.5, 0.6) is 0 Å². The summed E-state index contributed by atoms with van der Waals surface area (Å²) in [5.74, 6) is 0. The third-order valence-electron chi connectivity index (χ3n) is 2.04. The maximum Gasteiger partial charge on any atom is 0.0718 e. The summed E-state index contributed by atoms with van der Waals surface area (Å²) >= 11 is 0. The second-order valence-electron chi connectivity index (χ2n) is 3.10. The van der Waals surface area contributed by atoms with E-state index in [1.54, 1.807) is 0 Å². The number of hydrogen-bond acceptors (Lipinski definition) is 3. The van der Waals surface area contributed by atoms with Gasteiger partial charge in [-0.05, 0) is 0 Å². The van der Waals surface area contributed by atoms with Crippen molar-refractivity contribution in [3.05, 3.63) is 30.3 Å². The van der Waals surface area contributed by atoms with Crippen LogP contribution in [0.4, 0.5) is 0 Å². The van der Waals surface area contributed by atoms with Crippen molar-refractivity contribution in [1.82, 2.24) is 5.06 Å². The van der Waals surface area contributed by atoms with Crippen molar-refractivity contribution >= 4 is 14.1 Å². The molecule has 1 fully saturated rings. The van der Waals surface area contributed by atoms with Crippen LogP contribution in [0.1, 0.15) is 0 Å². The van der Waals surface area contributed by atoms with E-state index in [0.717, 1.165) is 26.3 Å². The molecule has 0 N–H and O–H groups in total. The first kappa shape index (κ1) is 10.1. The van der Waals surface area contributed by atoms with Crippen molar-refractivity contribution in [1.29, 1.82) is 0 Å². The van der Waals surface area contributed by atoms with E-state index < -0.39 is 0 Å². The zero-order valence-electron chi connectivity index (χ0n) is 7.98. The SMILES string of the molecule is c1ccc(PON2CCOCC2)cc1. The van der Waals surface area contributed by atoms with Crippen LogP contribution in [0.15, 0.2) is 30.3 Å². The van der Waals surface area contributed by atoms with Crippen molar-refractivity contribution in [2.45, 2.75) is 0 Å². The lowest BCUT2D eigenvalue weighted by molar-refractivity contribution is -0.107. The number of hydroxylamine groups is 2. The number of morpholine rings is 1. The first-order valence-corrected chi connectivity index (χ1v) is 5.67. The minimum Gasteiger partial charge on any atom is -0.379 e. The minimum absolute atomic E-state index is 0.406. The summed E-state index contributed by atoms with van der Waals surface area (Å²) in [7, 11) is 0.406. The largest absolute Gasteiger partial charge is 0.379 e. The topological polar surface area (TPSA) is 21.7 Å². The fraction of sp³-hybridized carbons (Fsp3) is 0.400. The van der Waals surface area contributed by atoms with Gasteiger partial charge in [-0.15, -0.1) is 0 Å². The lowest BCUT2D eigenvalue weighted by Crippen LogP contribution is -2.34. The van der Waals surface area contributed by atoms with Crippen LogP contribution in [0.3, 0.4) is 0 Å². The van der Waals surface area contributed by atoms with Crippen LogP contribution in [-0.4, -0.2) is 31.4 Å². The number of nitrogens with zero attached hydrogens (tertiary/aromatic N) is 1. The molecule has 0 spiro atoms. The first-order chi connectivity index (χ1) is 6.95. The summed E-state index contributed by atoms with van der Waals surface area (Å²) in [4.78, 5) is 0. The van der Waals surface area contributed by atoms with Gasteiger partial charge in [0.2, 0.25) is 0 Å². The number of benzene rings is 1. The van der Waals surface area contributed by atoms with Crippen molar-refractivity contribution < 1.29 is 9.36 Å². The highest BCUT2D eigenvalue weighted by atomic mass is 31.1. The molecule has 1 aromatic rings. The summed E-state index contributed by atoms with van der Waals surface area (Å²) < 4.78 is 10.9. The standard InChI is InChI=1S/C10H14NO2P/c1-2-4-10(5-3-1)14-13-11-6-8-12-9-7-11/h1-5,14H,6-9H2. The van der Waals surface area contributed by atoms with Gasteiger partial charge in [-0.1, -0.05) is 30.3 Å². The molecule has 0 aliphatic carbocycles. The Balaban J connectivity index is 1.76. The molecule has 76 valence electrons. The van der Waals surface area contributed by atoms with Crippen LogP contribution in [0.25, 0.3) is 0 Å². The molecule has 1 saturated heterocycles. The van der Waals surface area contributed by atoms with E-state index in [4.69, 9.17) is 9.36 Å². The Labute approximate surface area is 85.8 Å². The zero-order chi connectivity index (χ0) is 9.64. The molecule has 4 heteroatoms. The molecule has 1 unspecified atom stereocenters. The van der Waals surface area contributed by atoms with Crippen LogP contribution in [-0.2, 0) is 9.36 Å². The molecular weight excluding hydrogens is 197 g/mol. The lowest BCUT2D eigenvalue weighted by Gasteiger charge is -2.25. The summed E-state index contributed by atoms with van der Waals surface area (Å²) in [5.41, 5.74) is 0. The predicted molar refractivity (Wildman–Crippen MR) is 57.9 cm³/mol. The van der Waals surface area contributed by atoms with Gasteiger partial charge >= 0.3 is 0 Å². The molecule has 14 heavy (non-hydrogen) atoms. The smallest absolute Gasteiger partial charge is 0.0718 e. The van der Waals surface area contributed by atoms with Crippen LogP contribution >= 0.6 is 8.81 Å². The van der Waals surface area contributed by atoms with Gasteiger partial charge in [-0.25, -0.2) is 0 Å². The molecule has 2 rings (SSSR count). The molecule has 0 bridgehead atoms. The van der Waals surface area contributed by atoms with E-state index in [9.17, 15) is 0 Å². The molecule has 1 aliphatic rings. The van der Waals surface area contributed by atoms with E-state index in [1.807, 2.05) is 23.3 Å². The van der Waals surface area contributed by atoms with Gasteiger partial charge in [0.05, 0.1) is 22.0 Å². The Morgan fingerprint density at radius 3 is 2.57 bits per heavy atom. The summed E-state index contributed by atoms with van der Waals surface area (Å²) in [6, 6.07) is 10.2. The Kier molecular flexibility index (Phi) is 3.90. The van der Waals surface area contributed by atoms with Crippen LogP contribution in [0, 0.1) is 0 Å². The van der Waals surface area contributed by atoms with Gasteiger partial charge in [0, 0.05) is 18.4 Å². The van der Waals surface area contributed by atoms with Gasteiger partial charge in [0.25, 0.3) is 0 Å².